The quantitative estimate of drug-likeness (QED) is 0.284. The summed E-state index contributed by atoms with van der Waals surface area (Å²) in [4.78, 5) is 10.2. The van der Waals surface area contributed by atoms with Crippen molar-refractivity contribution in [2.75, 3.05) is 37.2 Å². The molecule has 0 aliphatic heterocycles. The maximum absolute atomic E-state index is 15.2. The average molecular weight is 573 g/mol. The van der Waals surface area contributed by atoms with Crippen LogP contribution in [0.15, 0.2) is 29.3 Å². The van der Waals surface area contributed by atoms with E-state index in [1.807, 2.05) is 24.6 Å². The molecule has 0 unspecified atom stereocenters. The molecule has 11 nitrogen and oxygen atoms in total. The van der Waals surface area contributed by atoms with Gasteiger partial charge in [0, 0.05) is 49.0 Å². The Morgan fingerprint density at radius 3 is 2.45 bits per heavy atom. The number of nitrogens with one attached hydrogen (secondary N) is 2. The normalized spacial score (nSPS) is 13.6. The van der Waals surface area contributed by atoms with Gasteiger partial charge in [-0.2, -0.15) is 15.2 Å². The summed E-state index contributed by atoms with van der Waals surface area (Å²) >= 11 is 0. The summed E-state index contributed by atoms with van der Waals surface area (Å²) in [6, 6.07) is 3.40. The Kier molecular flexibility index (Phi) is 7.31. The Morgan fingerprint density at radius 2 is 1.88 bits per heavy atom. The predicted octanol–water partition coefficient (Wildman–Crippen LogP) is 4.40. The summed E-state index contributed by atoms with van der Waals surface area (Å²) in [5, 5.41) is 14.9. The third-order valence-electron chi connectivity index (χ3n) is 6.79. The Bertz CT molecular complexity index is 1660. The summed E-state index contributed by atoms with van der Waals surface area (Å²) in [5.41, 5.74) is 3.41. The lowest BCUT2D eigenvalue weighted by Crippen LogP contribution is -2.19. The van der Waals surface area contributed by atoms with Crippen molar-refractivity contribution >= 4 is 33.1 Å². The van der Waals surface area contributed by atoms with Crippen LogP contribution in [0.3, 0.4) is 0 Å². The molecule has 1 aliphatic carbocycles. The molecule has 0 bridgehead atoms. The van der Waals surface area contributed by atoms with Crippen molar-refractivity contribution in [3.05, 3.63) is 53.0 Å². The largest absolute Gasteiger partial charge is 0.383 e. The molecule has 14 heteroatoms. The fourth-order valence-corrected chi connectivity index (χ4v) is 5.16. The van der Waals surface area contributed by atoms with Crippen molar-refractivity contribution in [2.45, 2.75) is 44.0 Å². The van der Waals surface area contributed by atoms with Gasteiger partial charge in [-0.1, -0.05) is 0 Å². The molecule has 1 aromatic carbocycles. The molecule has 5 rings (SSSR count). The SMILES string of the molecule is COCCn1ncc(-c2nc(N(C)c3c(F)cc(S(C)(=O)=O)cc3F)nc(Nc3cc(C)[nH]n3)c2C2CC2)c1C. The van der Waals surface area contributed by atoms with Crippen molar-refractivity contribution in [1.29, 1.82) is 0 Å². The number of halogens is 2. The van der Waals surface area contributed by atoms with E-state index in [4.69, 9.17) is 14.7 Å². The van der Waals surface area contributed by atoms with Gasteiger partial charge < -0.3 is 15.0 Å². The number of aromatic amines is 1. The fourth-order valence-electron chi connectivity index (χ4n) is 4.53. The van der Waals surface area contributed by atoms with Gasteiger partial charge in [0.05, 0.1) is 29.9 Å². The third kappa shape index (κ3) is 5.41. The van der Waals surface area contributed by atoms with Gasteiger partial charge in [0.25, 0.3) is 0 Å². The van der Waals surface area contributed by atoms with Gasteiger partial charge in [-0.25, -0.2) is 22.2 Å². The second kappa shape index (κ2) is 10.6. The number of rotatable bonds is 10. The smallest absolute Gasteiger partial charge is 0.232 e. The van der Waals surface area contributed by atoms with Crippen LogP contribution in [-0.2, 0) is 21.1 Å². The minimum Gasteiger partial charge on any atom is -0.383 e. The zero-order valence-electron chi connectivity index (χ0n) is 22.8. The summed E-state index contributed by atoms with van der Waals surface area (Å²) in [7, 11) is -0.779. The van der Waals surface area contributed by atoms with Crippen LogP contribution < -0.4 is 10.2 Å². The molecule has 0 spiro atoms. The minimum absolute atomic E-state index is 0.00287. The van der Waals surface area contributed by atoms with E-state index in [1.165, 1.54) is 11.9 Å². The summed E-state index contributed by atoms with van der Waals surface area (Å²) < 4.78 is 61.2. The number of hydrogen-bond donors (Lipinski definition) is 2. The van der Waals surface area contributed by atoms with Crippen LogP contribution in [0.2, 0.25) is 0 Å². The maximum atomic E-state index is 15.2. The van der Waals surface area contributed by atoms with Gasteiger partial charge in [-0.05, 0) is 44.7 Å². The van der Waals surface area contributed by atoms with E-state index in [-0.39, 0.29) is 11.9 Å². The number of benzene rings is 1. The molecule has 3 aromatic heterocycles. The van der Waals surface area contributed by atoms with E-state index in [9.17, 15) is 8.42 Å². The zero-order valence-corrected chi connectivity index (χ0v) is 23.6. The van der Waals surface area contributed by atoms with Gasteiger partial charge in [0.15, 0.2) is 27.3 Å². The Morgan fingerprint density at radius 1 is 1.18 bits per heavy atom. The Labute approximate surface area is 230 Å². The molecule has 2 N–H and O–H groups in total. The van der Waals surface area contributed by atoms with Gasteiger partial charge in [0.1, 0.15) is 11.5 Å². The molecule has 40 heavy (non-hydrogen) atoms. The Hall–Kier alpha value is -3.91. The molecular weight excluding hydrogens is 542 g/mol. The molecule has 212 valence electrons. The monoisotopic (exact) mass is 572 g/mol. The average Bonchev–Trinajstić information content (AvgIpc) is 3.54. The van der Waals surface area contributed by atoms with E-state index in [0.717, 1.165) is 53.7 Å². The molecule has 1 saturated carbocycles. The highest BCUT2D eigenvalue weighted by molar-refractivity contribution is 7.90. The van der Waals surface area contributed by atoms with E-state index in [2.05, 4.69) is 20.6 Å². The summed E-state index contributed by atoms with van der Waals surface area (Å²) in [5.74, 6) is -0.941. The van der Waals surface area contributed by atoms with Crippen LogP contribution in [0.25, 0.3) is 11.3 Å². The predicted molar refractivity (Wildman–Crippen MR) is 146 cm³/mol. The highest BCUT2D eigenvalue weighted by Gasteiger charge is 2.34. The van der Waals surface area contributed by atoms with Crippen LogP contribution in [0.5, 0.6) is 0 Å². The van der Waals surface area contributed by atoms with E-state index >= 15 is 8.78 Å². The fraction of sp³-hybridized carbons (Fsp3) is 0.385. The second-order valence-corrected chi connectivity index (χ2v) is 11.9. The number of ether oxygens (including phenoxy) is 1. The minimum atomic E-state index is -3.82. The molecule has 1 aliphatic rings. The number of sulfone groups is 1. The lowest BCUT2D eigenvalue weighted by molar-refractivity contribution is 0.183. The van der Waals surface area contributed by atoms with Crippen molar-refractivity contribution in [1.82, 2.24) is 29.9 Å². The highest BCUT2D eigenvalue weighted by atomic mass is 32.2. The number of H-pyrrole nitrogens is 1. The van der Waals surface area contributed by atoms with Crippen molar-refractivity contribution in [3.63, 3.8) is 0 Å². The summed E-state index contributed by atoms with van der Waals surface area (Å²) in [6.45, 7) is 4.81. The van der Waals surface area contributed by atoms with Crippen molar-refractivity contribution in [2.24, 2.45) is 0 Å². The van der Waals surface area contributed by atoms with Gasteiger partial charge in [-0.3, -0.25) is 9.78 Å². The van der Waals surface area contributed by atoms with Crippen molar-refractivity contribution < 1.29 is 21.9 Å². The van der Waals surface area contributed by atoms with Gasteiger partial charge >= 0.3 is 0 Å². The van der Waals surface area contributed by atoms with Crippen LogP contribution >= 0.6 is 0 Å². The van der Waals surface area contributed by atoms with Crippen molar-refractivity contribution in [3.8, 4) is 11.3 Å². The number of aromatic nitrogens is 6. The van der Waals surface area contributed by atoms with Gasteiger partial charge in [-0.15, -0.1) is 0 Å². The van der Waals surface area contributed by atoms with Crippen LogP contribution in [-0.4, -0.2) is 65.4 Å². The molecular formula is C26H30F2N8O3S. The Balaban J connectivity index is 1.68. The van der Waals surface area contributed by atoms with E-state index in [1.54, 1.807) is 13.3 Å². The molecule has 1 fully saturated rings. The van der Waals surface area contributed by atoms with Gasteiger partial charge in [0.2, 0.25) is 5.95 Å². The standard InChI is InChI=1S/C26H30F2N8O3S/c1-14-10-21(34-33-14)30-25-22(16-6-7-16)23(18-13-29-36(15(18)2)8-9-39-4)31-26(32-25)35(3)24-19(27)11-17(12-20(24)28)40(5,37)38/h10-13,16H,6-9H2,1-5H3,(H2,30,31,32,33,34). The van der Waals surface area contributed by atoms with Crippen LogP contribution in [0, 0.1) is 25.5 Å². The molecule has 4 aromatic rings. The topological polar surface area (TPSA) is 131 Å². The number of hydrogen-bond acceptors (Lipinski definition) is 9. The lowest BCUT2D eigenvalue weighted by Gasteiger charge is -2.22. The first-order valence-electron chi connectivity index (χ1n) is 12.6. The number of aryl methyl sites for hydroxylation is 1. The summed E-state index contributed by atoms with van der Waals surface area (Å²) in [6.07, 6.45) is 4.48. The first-order valence-corrected chi connectivity index (χ1v) is 14.5. The molecule has 0 atom stereocenters. The lowest BCUT2D eigenvalue weighted by atomic mass is 10.0. The molecule has 0 radical (unpaired) electrons. The second-order valence-electron chi connectivity index (χ2n) is 9.90. The van der Waals surface area contributed by atoms with E-state index in [0.29, 0.717) is 30.5 Å². The first kappa shape index (κ1) is 27.6. The number of anilines is 4. The number of methoxy groups -OCH3 is 1. The highest BCUT2D eigenvalue weighted by Crippen LogP contribution is 2.48. The molecule has 0 amide bonds. The first-order chi connectivity index (χ1) is 19.0. The van der Waals surface area contributed by atoms with E-state index < -0.39 is 32.1 Å². The number of nitrogens with zero attached hydrogens (tertiary/aromatic N) is 6. The third-order valence-corrected chi connectivity index (χ3v) is 7.88. The van der Waals surface area contributed by atoms with Crippen LogP contribution in [0.4, 0.5) is 32.1 Å². The van der Waals surface area contributed by atoms with Crippen LogP contribution in [0.1, 0.15) is 35.7 Å². The molecule has 0 saturated heterocycles. The zero-order chi connectivity index (χ0) is 28.8. The molecule has 3 heterocycles. The maximum Gasteiger partial charge on any atom is 0.232 e.